The molecule has 2 saturated carbocycles. The zero-order valence-corrected chi connectivity index (χ0v) is 20.2. The van der Waals surface area contributed by atoms with Crippen molar-refractivity contribution >= 4 is 28.7 Å². The Morgan fingerprint density at radius 3 is 2.92 bits per heavy atom. The maximum atomic E-state index is 14.3. The van der Waals surface area contributed by atoms with Crippen LogP contribution >= 0.6 is 11.8 Å². The van der Waals surface area contributed by atoms with Crippen molar-refractivity contribution in [2.24, 2.45) is 0 Å². The van der Waals surface area contributed by atoms with Crippen molar-refractivity contribution in [2.45, 2.75) is 74.5 Å². The Bertz CT molecular complexity index is 1560. The fourth-order valence-corrected chi connectivity index (χ4v) is 4.71. The topological polar surface area (TPSA) is 138 Å². The van der Waals surface area contributed by atoms with Crippen LogP contribution in [0.1, 0.15) is 60.1 Å². The Hall–Kier alpha value is -2.38. The van der Waals surface area contributed by atoms with Crippen molar-refractivity contribution in [3.63, 3.8) is 0 Å². The molecule has 0 unspecified atom stereocenters. The van der Waals surface area contributed by atoms with Crippen molar-refractivity contribution in [1.82, 2.24) is 25.0 Å². The van der Waals surface area contributed by atoms with Crippen molar-refractivity contribution in [1.29, 1.82) is 0 Å². The molecule has 2 fully saturated rings. The Morgan fingerprint density at radius 2 is 2.17 bits per heavy atom. The number of aliphatic hydroxyl groups excluding tert-OH is 3. The van der Waals surface area contributed by atoms with Crippen LogP contribution in [-0.2, 0) is 4.74 Å². The van der Waals surface area contributed by atoms with Gasteiger partial charge in [0.1, 0.15) is 18.0 Å². The first-order valence-corrected chi connectivity index (χ1v) is 12.1. The molecule has 0 saturated heterocycles. The van der Waals surface area contributed by atoms with Crippen LogP contribution in [-0.4, -0.2) is 83.5 Å². The number of aromatic nitrogens is 5. The van der Waals surface area contributed by atoms with Gasteiger partial charge in [-0.15, -0.1) is 5.10 Å². The molecule has 194 valence electrons. The molecule has 3 aromatic rings. The quantitative estimate of drug-likeness (QED) is 0.230. The first-order chi connectivity index (χ1) is 20.3. The largest absolute Gasteiger partial charge is 0.394 e. The van der Waals surface area contributed by atoms with Crippen LogP contribution in [0.15, 0.2) is 23.4 Å². The summed E-state index contributed by atoms with van der Waals surface area (Å²) in [5.74, 6) is -1.34. The molecule has 2 aliphatic carbocycles. The fourth-order valence-electron chi connectivity index (χ4n) is 4.25. The van der Waals surface area contributed by atoms with E-state index in [0.29, 0.717) is 22.9 Å². The van der Waals surface area contributed by atoms with E-state index in [1.807, 2.05) is 0 Å². The third kappa shape index (κ3) is 4.92. The van der Waals surface area contributed by atoms with E-state index < -0.39 is 73.7 Å². The number of nitrogens with zero attached hydrogens (tertiary/aromatic N) is 5. The maximum Gasteiger partial charge on any atom is 0.191 e. The molecule has 0 spiro atoms. The normalized spacial score (nSPS) is 33.5. The zero-order chi connectivity index (χ0) is 32.6. The van der Waals surface area contributed by atoms with Gasteiger partial charge in [-0.1, -0.05) is 36.0 Å². The van der Waals surface area contributed by atoms with Gasteiger partial charge in [0.25, 0.3) is 0 Å². The second-order valence-electron chi connectivity index (χ2n) is 8.53. The lowest BCUT2D eigenvalue weighted by Gasteiger charge is -2.17. The van der Waals surface area contributed by atoms with Gasteiger partial charge in [-0.2, -0.15) is 0 Å². The average molecular weight is 527 g/mol. The summed E-state index contributed by atoms with van der Waals surface area (Å²) < 4.78 is 85.3. The predicted molar refractivity (Wildman–Crippen MR) is 133 cm³/mol. The van der Waals surface area contributed by atoms with Crippen LogP contribution in [0, 0.1) is 12.7 Å². The number of hydrogen-bond donors (Lipinski definition) is 4. The molecule has 2 heterocycles. The number of hydrogen-bond acceptors (Lipinski definition) is 10. The maximum absolute atomic E-state index is 14.3. The lowest BCUT2D eigenvalue weighted by atomic mass is 10.1. The summed E-state index contributed by atoms with van der Waals surface area (Å²) in [6, 6.07) is 2.44. The molecule has 2 aliphatic rings. The monoisotopic (exact) mass is 526 g/mol. The summed E-state index contributed by atoms with van der Waals surface area (Å²) in [6.45, 7) is -0.858. The molecule has 6 atom stereocenters. The van der Waals surface area contributed by atoms with Crippen LogP contribution < -0.4 is 5.32 Å². The smallest absolute Gasteiger partial charge is 0.191 e. The van der Waals surface area contributed by atoms with E-state index in [1.54, 1.807) is 19.1 Å². The third-order valence-corrected chi connectivity index (χ3v) is 6.86. The van der Waals surface area contributed by atoms with E-state index >= 15 is 0 Å². The van der Waals surface area contributed by atoms with Gasteiger partial charge >= 0.3 is 0 Å². The number of anilines is 1. The van der Waals surface area contributed by atoms with Gasteiger partial charge in [0.05, 0.1) is 28.1 Å². The number of aliphatic hydroxyl groups is 3. The second-order valence-corrected chi connectivity index (χ2v) is 9.31. The first-order valence-electron chi connectivity index (χ1n) is 15.3. The Labute approximate surface area is 223 Å². The molecule has 4 N–H and O–H groups in total. The van der Waals surface area contributed by atoms with E-state index in [4.69, 9.17) is 15.7 Å². The van der Waals surface area contributed by atoms with E-state index in [1.165, 1.54) is 6.07 Å². The highest BCUT2D eigenvalue weighted by Crippen LogP contribution is 2.44. The van der Waals surface area contributed by atoms with Crippen LogP contribution in [0.5, 0.6) is 0 Å². The molecule has 0 radical (unpaired) electrons. The number of aryl methyl sites for hydroxylation is 1. The highest BCUT2D eigenvalue weighted by atomic mass is 32.2. The average Bonchev–Trinajstić information content (AvgIpc) is 3.15. The van der Waals surface area contributed by atoms with Crippen LogP contribution in [0.4, 0.5) is 10.2 Å². The van der Waals surface area contributed by atoms with E-state index in [2.05, 4.69) is 25.6 Å². The molecule has 0 bridgehead atoms. The minimum Gasteiger partial charge on any atom is -0.394 e. The lowest BCUT2D eigenvalue weighted by molar-refractivity contribution is -0.0629. The standard InChI is InChI=1S/C24H31FN6O4S/c1-3-8-36-24-27-22(26-16-10-14(16)13-5-4-12(2)15(25)9-13)19-23(28-24)31(30-29-19)17-11-18(35-7-6-32)21(34)20(17)33/h4-5,9,14,16-18,20-21,32-34H,3,6-8,10-11H2,1-2H3,(H,26,27,28)/t14-,16+,17+,18-,20-,21+/m0/s1/i3D2,7D2,8D2,10D2. The van der Waals surface area contributed by atoms with Crippen molar-refractivity contribution in [2.75, 3.05) is 24.2 Å². The fraction of sp³-hybridized carbons (Fsp3) is 0.583. The molecule has 1 aromatic carbocycles. The molecule has 10 nitrogen and oxygen atoms in total. The molecule has 36 heavy (non-hydrogen) atoms. The molecule has 0 amide bonds. The molecule has 12 heteroatoms. The number of ether oxygens (including phenoxy) is 1. The summed E-state index contributed by atoms with van der Waals surface area (Å²) in [7, 11) is 0. The van der Waals surface area contributed by atoms with E-state index in [-0.39, 0.29) is 28.6 Å². The molecular formula is C24H31FN6O4S. The number of rotatable bonds is 10. The summed E-state index contributed by atoms with van der Waals surface area (Å²) in [5.41, 5.74) is -1.79. The minimum absolute atomic E-state index is 0.0114. The van der Waals surface area contributed by atoms with Crippen molar-refractivity contribution in [3.8, 4) is 0 Å². The molecule has 2 aromatic heterocycles. The van der Waals surface area contributed by atoms with Crippen molar-refractivity contribution in [3.05, 3.63) is 35.1 Å². The highest BCUT2D eigenvalue weighted by Gasteiger charge is 2.45. The van der Waals surface area contributed by atoms with Gasteiger partial charge in [-0.25, -0.2) is 19.0 Å². The van der Waals surface area contributed by atoms with Crippen molar-refractivity contribution < 1.29 is 35.4 Å². The van der Waals surface area contributed by atoms with Crippen LogP contribution in [0.25, 0.3) is 11.2 Å². The zero-order valence-electron chi connectivity index (χ0n) is 27.4. The number of benzene rings is 1. The van der Waals surface area contributed by atoms with Gasteiger partial charge in [0.15, 0.2) is 22.1 Å². The van der Waals surface area contributed by atoms with Crippen LogP contribution in [0.2, 0.25) is 0 Å². The molecule has 0 aliphatic heterocycles. The van der Waals surface area contributed by atoms with Gasteiger partial charge < -0.3 is 25.4 Å². The Balaban J connectivity index is 1.54. The highest BCUT2D eigenvalue weighted by molar-refractivity contribution is 7.99. The summed E-state index contributed by atoms with van der Waals surface area (Å²) in [6.07, 6.45) is -8.74. The predicted octanol–water partition coefficient (Wildman–Crippen LogP) is 2.18. The molecule has 5 rings (SSSR count). The first kappa shape index (κ1) is 17.2. The number of nitrogens with one attached hydrogen (secondary N) is 1. The number of halogens is 1. The molecular weight excluding hydrogens is 487 g/mol. The Morgan fingerprint density at radius 1 is 1.33 bits per heavy atom. The number of fused-ring (bicyclic) bond motifs is 1. The van der Waals surface area contributed by atoms with E-state index in [9.17, 15) is 19.7 Å². The Kier molecular flexibility index (Phi) is 5.03. The van der Waals surface area contributed by atoms with Crippen LogP contribution in [0.3, 0.4) is 0 Å². The lowest BCUT2D eigenvalue weighted by Crippen LogP contribution is -2.33. The van der Waals surface area contributed by atoms with Gasteiger partial charge in [0.2, 0.25) is 0 Å². The minimum atomic E-state index is -2.52. The van der Waals surface area contributed by atoms with Gasteiger partial charge in [0, 0.05) is 32.3 Å². The summed E-state index contributed by atoms with van der Waals surface area (Å²) in [4.78, 5) is 8.65. The van der Waals surface area contributed by atoms with Gasteiger partial charge in [-0.05, 0) is 36.9 Å². The summed E-state index contributed by atoms with van der Waals surface area (Å²) >= 11 is 0.367. The SMILES string of the molecule is [2H]C([2H])(CO)O[C@H]1C[C@@H](n2nnc3c(N[C@H]4[C@H](c5ccc(C)c(F)c5)C4([2H])[2H])nc(SC([2H])([2H])C([2H])([2H])C)nc32)[C@H](O)[C@@H]1O. The third-order valence-electron chi connectivity index (χ3n) is 6.19. The summed E-state index contributed by atoms with van der Waals surface area (Å²) in [5, 5.41) is 41.5. The second kappa shape index (κ2) is 10.5. The van der Waals surface area contributed by atoms with E-state index in [0.717, 1.165) is 11.6 Å². The van der Waals surface area contributed by atoms with Gasteiger partial charge in [-0.3, -0.25) is 0 Å². The number of thioether (sulfide) groups is 1.